The molecule has 1 amide bonds. The number of Topliss-reactive ketones (excluding diaryl/α,β-unsaturated/α-hetero) is 1. The van der Waals surface area contributed by atoms with Crippen LogP contribution < -0.4 is 5.32 Å². The zero-order chi connectivity index (χ0) is 15.0. The summed E-state index contributed by atoms with van der Waals surface area (Å²) in [6.07, 6.45) is 2.76. The van der Waals surface area contributed by atoms with E-state index in [9.17, 15) is 9.59 Å². The van der Waals surface area contributed by atoms with Crippen LogP contribution in [0.15, 0.2) is 24.3 Å². The van der Waals surface area contributed by atoms with Crippen molar-refractivity contribution in [2.45, 2.75) is 39.5 Å². The summed E-state index contributed by atoms with van der Waals surface area (Å²) in [6, 6.07) is 9.18. The summed E-state index contributed by atoms with van der Waals surface area (Å²) < 4.78 is 0. The largest absolute Gasteiger partial charge is 0.325 e. The Hall–Kier alpha value is -2.15. The van der Waals surface area contributed by atoms with Gasteiger partial charge >= 0.3 is 0 Å². The normalized spacial score (nSPS) is 11.4. The average molecular weight is 272 g/mol. The van der Waals surface area contributed by atoms with Crippen LogP contribution in [0, 0.1) is 17.2 Å². The third-order valence-corrected chi connectivity index (χ3v) is 3.12. The quantitative estimate of drug-likeness (QED) is 0.775. The summed E-state index contributed by atoms with van der Waals surface area (Å²) >= 11 is 0. The van der Waals surface area contributed by atoms with Crippen LogP contribution in [-0.4, -0.2) is 11.7 Å². The number of amides is 1. The van der Waals surface area contributed by atoms with E-state index in [1.54, 1.807) is 18.2 Å². The number of nitrogens with zero attached hydrogens (tertiary/aromatic N) is 1. The third-order valence-electron chi connectivity index (χ3n) is 3.12. The number of hydrogen-bond donors (Lipinski definition) is 1. The fourth-order valence-corrected chi connectivity index (χ4v) is 1.81. The van der Waals surface area contributed by atoms with Crippen LogP contribution in [0.1, 0.15) is 38.7 Å². The molecule has 0 fully saturated rings. The first-order valence-corrected chi connectivity index (χ1v) is 6.94. The van der Waals surface area contributed by atoms with Crippen molar-refractivity contribution in [2.75, 3.05) is 5.32 Å². The maximum absolute atomic E-state index is 11.9. The fourth-order valence-electron chi connectivity index (χ4n) is 1.81. The Bertz CT molecular complexity index is 500. The lowest BCUT2D eigenvalue weighted by molar-refractivity contribution is -0.128. The maximum Gasteiger partial charge on any atom is 0.249 e. The van der Waals surface area contributed by atoms with Crippen LogP contribution >= 0.6 is 0 Å². The Morgan fingerprint density at radius 3 is 2.40 bits per heavy atom. The third kappa shape index (κ3) is 4.51. The zero-order valence-corrected chi connectivity index (χ0v) is 12.0. The van der Waals surface area contributed by atoms with E-state index >= 15 is 0 Å². The maximum atomic E-state index is 11.9. The molecule has 4 nitrogen and oxygen atoms in total. The number of rotatable bonds is 7. The molecule has 0 saturated carbocycles. The number of nitrogens with one attached hydrogen (secondary N) is 1. The SMILES string of the molecule is CCCCC(=O)C(C#N)C(=O)Nc1ccc(CC)cc1. The molecule has 0 aliphatic heterocycles. The monoisotopic (exact) mass is 272 g/mol. The van der Waals surface area contributed by atoms with Gasteiger partial charge in [0.15, 0.2) is 11.7 Å². The number of aryl methyl sites for hydroxylation is 1. The lowest BCUT2D eigenvalue weighted by atomic mass is 10.00. The minimum atomic E-state index is -1.22. The van der Waals surface area contributed by atoms with Gasteiger partial charge in [-0.2, -0.15) is 5.26 Å². The predicted octanol–water partition coefficient (Wildman–Crippen LogP) is 3.09. The molecule has 0 aliphatic rings. The molecular formula is C16H20N2O2. The highest BCUT2D eigenvalue weighted by atomic mass is 16.2. The van der Waals surface area contributed by atoms with Crippen LogP contribution in [0.5, 0.6) is 0 Å². The Balaban J connectivity index is 2.67. The van der Waals surface area contributed by atoms with Gasteiger partial charge in [0.25, 0.3) is 0 Å². The summed E-state index contributed by atoms with van der Waals surface area (Å²) in [7, 11) is 0. The van der Waals surface area contributed by atoms with Gasteiger partial charge in [-0.05, 0) is 30.5 Å². The zero-order valence-electron chi connectivity index (χ0n) is 12.0. The fraction of sp³-hybridized carbons (Fsp3) is 0.438. The molecule has 0 bridgehead atoms. The van der Waals surface area contributed by atoms with E-state index in [4.69, 9.17) is 5.26 Å². The first-order valence-electron chi connectivity index (χ1n) is 6.94. The second-order valence-corrected chi connectivity index (χ2v) is 4.67. The van der Waals surface area contributed by atoms with Crippen molar-refractivity contribution < 1.29 is 9.59 Å². The van der Waals surface area contributed by atoms with Gasteiger partial charge in [-0.25, -0.2) is 0 Å². The molecule has 1 unspecified atom stereocenters. The Morgan fingerprint density at radius 1 is 1.25 bits per heavy atom. The Morgan fingerprint density at radius 2 is 1.90 bits per heavy atom. The van der Waals surface area contributed by atoms with Crippen molar-refractivity contribution in [2.24, 2.45) is 5.92 Å². The van der Waals surface area contributed by atoms with E-state index in [1.807, 2.05) is 26.0 Å². The van der Waals surface area contributed by atoms with Crippen LogP contribution in [0.2, 0.25) is 0 Å². The molecular weight excluding hydrogens is 252 g/mol. The molecule has 106 valence electrons. The number of ketones is 1. The van der Waals surface area contributed by atoms with Gasteiger partial charge in [-0.15, -0.1) is 0 Å². The molecule has 0 saturated heterocycles. The summed E-state index contributed by atoms with van der Waals surface area (Å²) in [5.41, 5.74) is 1.77. The minimum Gasteiger partial charge on any atom is -0.325 e. The van der Waals surface area contributed by atoms with Crippen LogP contribution in [0.25, 0.3) is 0 Å². The summed E-state index contributed by atoms with van der Waals surface area (Å²) in [5.74, 6) is -2.07. The van der Waals surface area contributed by atoms with E-state index in [1.165, 1.54) is 5.56 Å². The van der Waals surface area contributed by atoms with Gasteiger partial charge in [0, 0.05) is 12.1 Å². The van der Waals surface area contributed by atoms with Gasteiger partial charge in [0.05, 0.1) is 6.07 Å². The first-order chi connectivity index (χ1) is 9.62. The number of carbonyl (C=O) groups excluding carboxylic acids is 2. The number of benzene rings is 1. The molecule has 1 rings (SSSR count). The summed E-state index contributed by atoms with van der Waals surface area (Å²) in [4.78, 5) is 23.7. The molecule has 1 atom stereocenters. The average Bonchev–Trinajstić information content (AvgIpc) is 2.46. The van der Waals surface area contributed by atoms with Crippen molar-refractivity contribution in [3.63, 3.8) is 0 Å². The van der Waals surface area contributed by atoms with E-state index in [-0.39, 0.29) is 12.2 Å². The number of hydrogen-bond acceptors (Lipinski definition) is 3. The Labute approximate surface area is 119 Å². The standard InChI is InChI=1S/C16H20N2O2/c1-3-5-6-15(19)14(11-17)16(20)18-13-9-7-12(4-2)8-10-13/h7-10,14H,3-6H2,1-2H3,(H,18,20). The van der Waals surface area contributed by atoms with E-state index < -0.39 is 11.8 Å². The van der Waals surface area contributed by atoms with E-state index in [0.29, 0.717) is 12.1 Å². The highest BCUT2D eigenvalue weighted by Gasteiger charge is 2.25. The molecule has 1 aromatic rings. The Kier molecular flexibility index (Phi) is 6.45. The second kappa shape index (κ2) is 8.11. The molecule has 1 aromatic carbocycles. The topological polar surface area (TPSA) is 70.0 Å². The van der Waals surface area contributed by atoms with Crippen LogP contribution in [-0.2, 0) is 16.0 Å². The van der Waals surface area contributed by atoms with Gasteiger partial charge in [-0.1, -0.05) is 32.4 Å². The molecule has 0 heterocycles. The van der Waals surface area contributed by atoms with Gasteiger partial charge < -0.3 is 5.32 Å². The first kappa shape index (κ1) is 15.9. The second-order valence-electron chi connectivity index (χ2n) is 4.67. The molecule has 0 aliphatic carbocycles. The van der Waals surface area contributed by atoms with Crippen molar-refractivity contribution in [3.8, 4) is 6.07 Å². The van der Waals surface area contributed by atoms with Crippen molar-refractivity contribution in [1.29, 1.82) is 5.26 Å². The summed E-state index contributed by atoms with van der Waals surface area (Å²) in [5, 5.41) is 11.6. The lowest BCUT2D eigenvalue weighted by Crippen LogP contribution is -2.28. The predicted molar refractivity (Wildman–Crippen MR) is 78.1 cm³/mol. The van der Waals surface area contributed by atoms with Crippen LogP contribution in [0.3, 0.4) is 0 Å². The van der Waals surface area contributed by atoms with Crippen molar-refractivity contribution in [1.82, 2.24) is 0 Å². The van der Waals surface area contributed by atoms with E-state index in [2.05, 4.69) is 5.32 Å². The lowest BCUT2D eigenvalue weighted by Gasteiger charge is -2.09. The van der Waals surface area contributed by atoms with Crippen molar-refractivity contribution in [3.05, 3.63) is 29.8 Å². The summed E-state index contributed by atoms with van der Waals surface area (Å²) in [6.45, 7) is 4.01. The van der Waals surface area contributed by atoms with E-state index in [0.717, 1.165) is 12.8 Å². The minimum absolute atomic E-state index is 0.275. The molecule has 0 aromatic heterocycles. The smallest absolute Gasteiger partial charge is 0.249 e. The molecule has 4 heteroatoms. The number of nitriles is 1. The number of carbonyl (C=O) groups is 2. The van der Waals surface area contributed by atoms with Gasteiger partial charge in [-0.3, -0.25) is 9.59 Å². The molecule has 20 heavy (non-hydrogen) atoms. The molecule has 0 spiro atoms. The van der Waals surface area contributed by atoms with Gasteiger partial charge in [0.2, 0.25) is 5.91 Å². The van der Waals surface area contributed by atoms with Crippen LogP contribution in [0.4, 0.5) is 5.69 Å². The number of unbranched alkanes of at least 4 members (excludes halogenated alkanes) is 1. The molecule has 0 radical (unpaired) electrons. The van der Waals surface area contributed by atoms with Crippen molar-refractivity contribution >= 4 is 17.4 Å². The molecule has 1 N–H and O–H groups in total. The number of anilines is 1. The highest BCUT2D eigenvalue weighted by molar-refractivity contribution is 6.09. The van der Waals surface area contributed by atoms with Gasteiger partial charge in [0.1, 0.15) is 0 Å². The highest BCUT2D eigenvalue weighted by Crippen LogP contribution is 2.13.